The molecule has 0 fully saturated rings. The Morgan fingerprint density at radius 3 is 2.11 bits per heavy atom. The second-order valence-electron chi connectivity index (χ2n) is 9.80. The molecule has 4 rings (SSSR count). The molecule has 9 nitrogen and oxygen atoms in total. The number of hydrogen-bond acceptors (Lipinski definition) is 6. The van der Waals surface area contributed by atoms with Crippen LogP contribution in [0.15, 0.2) is 108 Å². The monoisotopic (exact) mass is 619 g/mol. The Hall–Kier alpha value is -4.90. The van der Waals surface area contributed by atoms with Crippen LogP contribution in [0.1, 0.15) is 11.1 Å². The van der Waals surface area contributed by atoms with Crippen molar-refractivity contribution in [3.63, 3.8) is 0 Å². The summed E-state index contributed by atoms with van der Waals surface area (Å²) in [5.74, 6) is -1.29. The predicted molar refractivity (Wildman–Crippen MR) is 165 cm³/mol. The molecule has 0 spiro atoms. The fourth-order valence-corrected chi connectivity index (χ4v) is 6.19. The van der Waals surface area contributed by atoms with E-state index in [1.165, 1.54) is 68.6 Å². The summed E-state index contributed by atoms with van der Waals surface area (Å²) in [7, 11) is -0.0999. The number of carbonyl (C=O) groups is 2. The molecule has 0 unspecified atom stereocenters. The lowest BCUT2D eigenvalue weighted by Gasteiger charge is -2.34. The SMILES string of the molecule is CNC(=O)[C@H](Cc1ccccc1)N(Cc1ccccc1F)C(=O)CN(c1cc(OC)ccc1OC)S(=O)(=O)c1ccccc1. The first-order valence-corrected chi connectivity index (χ1v) is 15.2. The highest BCUT2D eigenvalue weighted by molar-refractivity contribution is 7.92. The Kier molecular flexibility index (Phi) is 10.6. The first kappa shape index (κ1) is 32.0. The van der Waals surface area contributed by atoms with Crippen LogP contribution in [0.4, 0.5) is 10.1 Å². The van der Waals surface area contributed by atoms with E-state index < -0.39 is 40.2 Å². The van der Waals surface area contributed by atoms with Crippen molar-refractivity contribution in [1.82, 2.24) is 10.2 Å². The van der Waals surface area contributed by atoms with E-state index in [2.05, 4.69) is 5.32 Å². The minimum atomic E-state index is -4.36. The summed E-state index contributed by atoms with van der Waals surface area (Å²) in [6.45, 7) is -1.01. The number of amides is 2. The van der Waals surface area contributed by atoms with Crippen molar-refractivity contribution in [2.75, 3.05) is 32.1 Å². The smallest absolute Gasteiger partial charge is 0.264 e. The molecular formula is C33H34FN3O6S. The number of carbonyl (C=O) groups excluding carboxylic acids is 2. The number of nitrogens with zero attached hydrogens (tertiary/aromatic N) is 2. The van der Waals surface area contributed by atoms with E-state index >= 15 is 0 Å². The summed E-state index contributed by atoms with van der Waals surface area (Å²) in [5.41, 5.74) is 0.976. The van der Waals surface area contributed by atoms with Gasteiger partial charge in [-0.25, -0.2) is 12.8 Å². The van der Waals surface area contributed by atoms with Crippen LogP contribution < -0.4 is 19.1 Å². The highest BCUT2D eigenvalue weighted by atomic mass is 32.2. The number of anilines is 1. The minimum Gasteiger partial charge on any atom is -0.497 e. The van der Waals surface area contributed by atoms with Gasteiger partial charge in [-0.15, -0.1) is 0 Å². The molecule has 44 heavy (non-hydrogen) atoms. The lowest BCUT2D eigenvalue weighted by atomic mass is 10.0. The number of halogens is 1. The van der Waals surface area contributed by atoms with Crippen LogP contribution in [-0.2, 0) is 32.6 Å². The van der Waals surface area contributed by atoms with Crippen LogP contribution in [0.2, 0.25) is 0 Å². The molecule has 0 saturated heterocycles. The van der Waals surface area contributed by atoms with E-state index in [1.54, 1.807) is 30.3 Å². The Bertz CT molecular complexity index is 1690. The molecule has 11 heteroatoms. The summed E-state index contributed by atoms with van der Waals surface area (Å²) in [6, 6.07) is 26.1. The molecule has 1 N–H and O–H groups in total. The molecule has 4 aromatic carbocycles. The zero-order valence-corrected chi connectivity index (χ0v) is 25.5. The van der Waals surface area contributed by atoms with Crippen molar-refractivity contribution in [2.45, 2.75) is 23.9 Å². The summed E-state index contributed by atoms with van der Waals surface area (Å²) in [6.07, 6.45) is 0.106. The van der Waals surface area contributed by atoms with Gasteiger partial charge >= 0.3 is 0 Å². The second kappa shape index (κ2) is 14.5. The van der Waals surface area contributed by atoms with Crippen molar-refractivity contribution in [1.29, 1.82) is 0 Å². The van der Waals surface area contributed by atoms with Crippen LogP contribution in [0, 0.1) is 5.82 Å². The van der Waals surface area contributed by atoms with Crippen LogP contribution in [0.3, 0.4) is 0 Å². The van der Waals surface area contributed by atoms with Gasteiger partial charge < -0.3 is 19.7 Å². The molecule has 4 aromatic rings. The molecule has 0 aliphatic heterocycles. The van der Waals surface area contributed by atoms with E-state index in [0.29, 0.717) is 5.75 Å². The standard InChI is InChI=1S/C33H34FN3O6S/c1-35-33(39)30(20-24-12-6-4-7-13-24)36(22-25-14-10-11-17-28(25)34)32(38)23-37(44(40,41)27-15-8-5-9-16-27)29-21-26(42-2)18-19-31(29)43-3/h4-19,21,30H,20,22-23H2,1-3H3,(H,35,39)/t30-/m0/s1. The largest absolute Gasteiger partial charge is 0.497 e. The van der Waals surface area contributed by atoms with E-state index in [0.717, 1.165) is 9.87 Å². The second-order valence-corrected chi connectivity index (χ2v) is 11.7. The molecule has 0 aliphatic rings. The maximum atomic E-state index is 14.9. The Balaban J connectivity index is 1.85. The Labute approximate surface area is 256 Å². The number of rotatable bonds is 13. The number of hydrogen-bond donors (Lipinski definition) is 1. The highest BCUT2D eigenvalue weighted by Crippen LogP contribution is 2.36. The van der Waals surface area contributed by atoms with Gasteiger partial charge in [-0.3, -0.25) is 13.9 Å². The lowest BCUT2D eigenvalue weighted by molar-refractivity contribution is -0.139. The van der Waals surface area contributed by atoms with E-state index in [1.807, 2.05) is 30.3 Å². The quantitative estimate of drug-likeness (QED) is 0.238. The van der Waals surface area contributed by atoms with Crippen molar-refractivity contribution in [3.8, 4) is 11.5 Å². The number of ether oxygens (including phenoxy) is 2. The van der Waals surface area contributed by atoms with Crippen molar-refractivity contribution >= 4 is 27.5 Å². The third-order valence-corrected chi connectivity index (χ3v) is 8.85. The molecule has 2 amide bonds. The van der Waals surface area contributed by atoms with Gasteiger partial charge in [0.15, 0.2) is 0 Å². The lowest BCUT2D eigenvalue weighted by Crippen LogP contribution is -2.53. The summed E-state index contributed by atoms with van der Waals surface area (Å²) < 4.78 is 55.0. The van der Waals surface area contributed by atoms with Gasteiger partial charge in [0.1, 0.15) is 29.9 Å². The maximum Gasteiger partial charge on any atom is 0.264 e. The number of benzene rings is 4. The Morgan fingerprint density at radius 1 is 0.864 bits per heavy atom. The topological polar surface area (TPSA) is 105 Å². The van der Waals surface area contributed by atoms with Gasteiger partial charge in [-0.1, -0.05) is 66.7 Å². The van der Waals surface area contributed by atoms with E-state index in [4.69, 9.17) is 9.47 Å². The van der Waals surface area contributed by atoms with Crippen LogP contribution >= 0.6 is 0 Å². The zero-order chi connectivity index (χ0) is 31.7. The summed E-state index contributed by atoms with van der Waals surface area (Å²) >= 11 is 0. The molecule has 0 heterocycles. The first-order valence-electron chi connectivity index (χ1n) is 13.8. The molecule has 0 aliphatic carbocycles. The maximum absolute atomic E-state index is 14.9. The van der Waals surface area contributed by atoms with Gasteiger partial charge in [-0.05, 0) is 35.9 Å². The van der Waals surface area contributed by atoms with Gasteiger partial charge in [0, 0.05) is 31.6 Å². The molecular weight excluding hydrogens is 585 g/mol. The third-order valence-electron chi connectivity index (χ3n) is 7.08. The predicted octanol–water partition coefficient (Wildman–Crippen LogP) is 4.42. The average Bonchev–Trinajstić information content (AvgIpc) is 3.06. The minimum absolute atomic E-state index is 0.0504. The molecule has 0 bridgehead atoms. The normalized spacial score (nSPS) is 11.7. The number of nitrogens with one attached hydrogen (secondary N) is 1. The molecule has 230 valence electrons. The van der Waals surface area contributed by atoms with Crippen LogP contribution in [0.25, 0.3) is 0 Å². The van der Waals surface area contributed by atoms with Crippen molar-refractivity contribution in [3.05, 3.63) is 120 Å². The van der Waals surface area contributed by atoms with Gasteiger partial charge in [0.05, 0.1) is 24.8 Å². The molecule has 0 radical (unpaired) electrons. The van der Waals surface area contributed by atoms with Gasteiger partial charge in [0.25, 0.3) is 10.0 Å². The van der Waals surface area contributed by atoms with E-state index in [-0.39, 0.29) is 34.9 Å². The van der Waals surface area contributed by atoms with Gasteiger partial charge in [-0.2, -0.15) is 0 Å². The van der Waals surface area contributed by atoms with Crippen LogP contribution in [0.5, 0.6) is 11.5 Å². The number of methoxy groups -OCH3 is 2. The number of likely N-dealkylation sites (N-methyl/N-ethyl adjacent to an activating group) is 1. The fraction of sp³-hybridized carbons (Fsp3) is 0.212. The van der Waals surface area contributed by atoms with Crippen molar-refractivity contribution in [2.24, 2.45) is 0 Å². The Morgan fingerprint density at radius 2 is 1.50 bits per heavy atom. The highest BCUT2D eigenvalue weighted by Gasteiger charge is 2.35. The zero-order valence-electron chi connectivity index (χ0n) is 24.6. The molecule has 1 atom stereocenters. The first-order chi connectivity index (χ1) is 21.2. The van der Waals surface area contributed by atoms with Gasteiger partial charge in [0.2, 0.25) is 11.8 Å². The van der Waals surface area contributed by atoms with Crippen LogP contribution in [-0.4, -0.2) is 59.0 Å². The third kappa shape index (κ3) is 7.35. The average molecular weight is 620 g/mol. The van der Waals surface area contributed by atoms with E-state index in [9.17, 15) is 22.4 Å². The number of sulfonamides is 1. The van der Waals surface area contributed by atoms with Crippen molar-refractivity contribution < 1.29 is 31.9 Å². The summed E-state index contributed by atoms with van der Waals surface area (Å²) in [5, 5.41) is 2.60. The summed E-state index contributed by atoms with van der Waals surface area (Å²) in [4.78, 5) is 28.8. The fourth-order valence-electron chi connectivity index (χ4n) is 4.76. The molecule has 0 saturated carbocycles. The molecule has 0 aromatic heterocycles.